The lowest BCUT2D eigenvalue weighted by atomic mass is 9.91. The molecule has 0 spiro atoms. The average molecular weight is 482 g/mol. The summed E-state index contributed by atoms with van der Waals surface area (Å²) < 4.78 is 36.3. The van der Waals surface area contributed by atoms with Gasteiger partial charge in [-0.05, 0) is 46.7 Å². The van der Waals surface area contributed by atoms with E-state index in [4.69, 9.17) is 32.9 Å². The van der Waals surface area contributed by atoms with E-state index in [2.05, 4.69) is 13.8 Å². The molecule has 0 amide bonds. The molecule has 2 N–H and O–H groups in total. The van der Waals surface area contributed by atoms with Gasteiger partial charge in [-0.15, -0.1) is 0 Å². The van der Waals surface area contributed by atoms with Crippen LogP contribution in [0.3, 0.4) is 0 Å². The van der Waals surface area contributed by atoms with Crippen LogP contribution in [-0.2, 0) is 27.2 Å². The summed E-state index contributed by atoms with van der Waals surface area (Å²) >= 11 is 0. The molecular weight excluding hydrogens is 430 g/mol. The Morgan fingerprint density at radius 2 is 1.00 bits per heavy atom. The first kappa shape index (κ1) is 31.2. The van der Waals surface area contributed by atoms with E-state index in [1.165, 1.54) is 0 Å². The van der Waals surface area contributed by atoms with Gasteiger partial charge in [0.05, 0.1) is 17.7 Å². The van der Waals surface area contributed by atoms with E-state index in [1.807, 2.05) is 33.9 Å². The van der Waals surface area contributed by atoms with Crippen LogP contribution < -0.4 is 5.73 Å². The van der Waals surface area contributed by atoms with Crippen molar-refractivity contribution >= 4 is 17.1 Å². The fourth-order valence-corrected chi connectivity index (χ4v) is 7.24. The average Bonchev–Trinajstić information content (AvgIpc) is 2.77. The largest absolute Gasteiger partial charge is 0.396 e. The second-order valence-corrected chi connectivity index (χ2v) is 16.0. The highest BCUT2D eigenvalue weighted by atomic mass is 28.4. The molecule has 4 atom stereocenters. The Labute approximate surface area is 194 Å². The lowest BCUT2D eigenvalue weighted by Gasteiger charge is -2.43. The van der Waals surface area contributed by atoms with Crippen molar-refractivity contribution in [2.75, 3.05) is 28.4 Å². The van der Waals surface area contributed by atoms with Crippen molar-refractivity contribution in [3.05, 3.63) is 0 Å². The highest BCUT2D eigenvalue weighted by molar-refractivity contribution is 6.67. The number of unbranched alkanes of at least 4 members (excludes halogenated alkanes) is 2. The van der Waals surface area contributed by atoms with Gasteiger partial charge in [-0.3, -0.25) is 0 Å². The predicted octanol–water partition coefficient (Wildman–Crippen LogP) is 4.44. The third kappa shape index (κ3) is 8.79. The molecule has 31 heavy (non-hydrogen) atoms. The van der Waals surface area contributed by atoms with Gasteiger partial charge in [-0.1, -0.05) is 39.5 Å². The number of nitrogens with two attached hydrogens (primary N) is 1. The Hall–Kier alpha value is 0.154. The fraction of sp³-hybridized carbons (Fsp3) is 1.00. The van der Waals surface area contributed by atoms with Crippen LogP contribution in [0, 0.1) is 0 Å². The third-order valence-electron chi connectivity index (χ3n) is 6.92. The van der Waals surface area contributed by atoms with Crippen LogP contribution in [0.4, 0.5) is 0 Å². The molecule has 0 aliphatic rings. The van der Waals surface area contributed by atoms with E-state index < -0.39 is 22.7 Å². The van der Waals surface area contributed by atoms with Crippen LogP contribution in [0.5, 0.6) is 0 Å². The Morgan fingerprint density at radius 1 is 0.710 bits per heavy atom. The molecule has 0 aromatic rings. The molecule has 9 heteroatoms. The summed E-state index contributed by atoms with van der Waals surface area (Å²) in [5, 5.41) is 0. The van der Waals surface area contributed by atoms with Gasteiger partial charge < -0.3 is 32.9 Å². The lowest BCUT2D eigenvalue weighted by molar-refractivity contribution is -0.0948. The second kappa shape index (κ2) is 14.4. The van der Waals surface area contributed by atoms with Crippen LogP contribution in [-0.4, -0.2) is 74.8 Å². The first-order chi connectivity index (χ1) is 14.4. The van der Waals surface area contributed by atoms with Crippen molar-refractivity contribution in [1.29, 1.82) is 0 Å². The molecule has 4 unspecified atom stereocenters. The van der Waals surface area contributed by atoms with E-state index >= 15 is 0 Å². The third-order valence-corrected chi connectivity index (χ3v) is 13.4. The van der Waals surface area contributed by atoms with Gasteiger partial charge in [0, 0.05) is 28.4 Å². The summed E-state index contributed by atoms with van der Waals surface area (Å²) in [6.07, 6.45) is 5.51. The van der Waals surface area contributed by atoms with Crippen LogP contribution in [0.15, 0.2) is 0 Å². The van der Waals surface area contributed by atoms with Gasteiger partial charge in [0.1, 0.15) is 11.5 Å². The van der Waals surface area contributed by atoms with E-state index in [1.54, 1.807) is 28.4 Å². The zero-order chi connectivity index (χ0) is 24.3. The maximum atomic E-state index is 6.83. The summed E-state index contributed by atoms with van der Waals surface area (Å²) in [5.41, 5.74) is 5.89. The van der Waals surface area contributed by atoms with Crippen LogP contribution >= 0.6 is 0 Å². The summed E-state index contributed by atoms with van der Waals surface area (Å²) in [6.45, 7) is 14.5. The highest BCUT2D eigenvalue weighted by Crippen LogP contribution is 2.29. The van der Waals surface area contributed by atoms with Crippen LogP contribution in [0.1, 0.15) is 73.1 Å². The minimum absolute atomic E-state index is 0.110. The predicted molar refractivity (Wildman–Crippen MR) is 132 cm³/mol. The van der Waals surface area contributed by atoms with Crippen molar-refractivity contribution in [3.8, 4) is 0 Å². The summed E-state index contributed by atoms with van der Waals surface area (Å²) in [6, 6.07) is 0. The van der Waals surface area contributed by atoms with Gasteiger partial charge in [-0.2, -0.15) is 0 Å². The Morgan fingerprint density at radius 3 is 1.23 bits per heavy atom. The first-order valence-corrected chi connectivity index (χ1v) is 16.5. The normalized spacial score (nSPS) is 19.0. The van der Waals surface area contributed by atoms with Crippen molar-refractivity contribution in [3.63, 3.8) is 0 Å². The van der Waals surface area contributed by atoms with Gasteiger partial charge >= 0.3 is 17.1 Å². The summed E-state index contributed by atoms with van der Waals surface area (Å²) in [4.78, 5) is 0. The monoisotopic (exact) mass is 481 g/mol. The van der Waals surface area contributed by atoms with E-state index in [0.29, 0.717) is 0 Å². The molecule has 0 rings (SSSR count). The van der Waals surface area contributed by atoms with Crippen molar-refractivity contribution < 1.29 is 27.2 Å². The maximum Gasteiger partial charge on any atom is 0.364 e. The molecule has 7 nitrogen and oxygen atoms in total. The molecule has 0 fully saturated rings. The molecule has 0 saturated carbocycles. The second-order valence-electron chi connectivity index (χ2n) is 9.03. The minimum atomic E-state index is -2.48. The molecule has 0 aromatic carbocycles. The maximum absolute atomic E-state index is 6.83. The smallest absolute Gasteiger partial charge is 0.364 e. The quantitative estimate of drug-likeness (QED) is 0.290. The number of rotatable bonds is 18. The van der Waals surface area contributed by atoms with Gasteiger partial charge in [-0.25, -0.2) is 0 Å². The highest BCUT2D eigenvalue weighted by Gasteiger charge is 2.47. The topological polar surface area (TPSA) is 81.4 Å². The SMILES string of the molecule is CCCCC(OC(C)C(C)(N)C(C)OC(CCCC)[Si](C)(OC)OC)[Si](C)(OC)OC. The molecule has 188 valence electrons. The van der Waals surface area contributed by atoms with Crippen molar-refractivity contribution in [2.45, 2.75) is 115 Å². The summed E-state index contributed by atoms with van der Waals surface area (Å²) in [7, 11) is 1.85. The molecule has 0 heterocycles. The van der Waals surface area contributed by atoms with Gasteiger partial charge in [0.25, 0.3) is 0 Å². The zero-order valence-electron chi connectivity index (χ0n) is 22.1. The molecule has 0 aliphatic carbocycles. The van der Waals surface area contributed by atoms with Crippen molar-refractivity contribution in [2.24, 2.45) is 5.73 Å². The molecule has 0 saturated heterocycles. The van der Waals surface area contributed by atoms with E-state index in [-0.39, 0.29) is 23.7 Å². The Kier molecular flexibility index (Phi) is 14.5. The fourth-order valence-electron chi connectivity index (χ4n) is 3.50. The standard InChI is InChI=1S/C22H51NO6Si2/c1-12-14-16-20(30(10,24-6)25-7)28-18(3)22(5,23)19(4)29-21(17-15-13-2)31(11,26-8)27-9/h18-21H,12-17,23H2,1-11H3. The molecule has 0 aliphatic heterocycles. The molecule has 0 aromatic heterocycles. The minimum Gasteiger partial charge on any atom is -0.396 e. The van der Waals surface area contributed by atoms with Crippen LogP contribution in [0.25, 0.3) is 0 Å². The lowest BCUT2D eigenvalue weighted by Crippen LogP contribution is -2.62. The molecule has 0 bridgehead atoms. The number of hydrogen-bond acceptors (Lipinski definition) is 7. The van der Waals surface area contributed by atoms with Gasteiger partial charge in [0.15, 0.2) is 0 Å². The van der Waals surface area contributed by atoms with Crippen molar-refractivity contribution in [1.82, 2.24) is 0 Å². The Balaban J connectivity index is 5.52. The molecule has 0 radical (unpaired) electrons. The first-order valence-electron chi connectivity index (χ1n) is 11.7. The van der Waals surface area contributed by atoms with Crippen LogP contribution in [0.2, 0.25) is 13.1 Å². The van der Waals surface area contributed by atoms with E-state index in [0.717, 1.165) is 38.5 Å². The number of hydrogen-bond donors (Lipinski definition) is 1. The zero-order valence-corrected chi connectivity index (χ0v) is 24.1. The molecular formula is C22H51NO6Si2. The summed E-state index contributed by atoms with van der Waals surface area (Å²) in [5.74, 6) is 0. The number of ether oxygens (including phenoxy) is 2. The van der Waals surface area contributed by atoms with E-state index in [9.17, 15) is 0 Å². The Bertz CT molecular complexity index is 435. The van der Waals surface area contributed by atoms with Gasteiger partial charge in [0.2, 0.25) is 0 Å².